The minimum Gasteiger partial charge on any atom is -0.372 e. The van der Waals surface area contributed by atoms with Crippen LogP contribution >= 0.6 is 11.3 Å². The second-order valence-corrected chi connectivity index (χ2v) is 5.26. The summed E-state index contributed by atoms with van der Waals surface area (Å²) in [5, 5.41) is 6.31. The summed E-state index contributed by atoms with van der Waals surface area (Å²) >= 11 is 1.55. The van der Waals surface area contributed by atoms with Crippen LogP contribution < -0.4 is 10.6 Å². The number of nitrogens with one attached hydrogen (secondary N) is 2. The van der Waals surface area contributed by atoms with Crippen molar-refractivity contribution in [2.45, 2.75) is 19.9 Å². The molecule has 0 saturated carbocycles. The molecule has 0 radical (unpaired) electrons. The number of carbonyl (C=O) groups is 1. The van der Waals surface area contributed by atoms with Crippen molar-refractivity contribution in [1.82, 2.24) is 15.3 Å². The lowest BCUT2D eigenvalue weighted by Gasteiger charge is -2.08. The maximum Gasteiger partial charge on any atom is 0.255 e. The zero-order valence-corrected chi connectivity index (χ0v) is 12.1. The molecule has 0 atom stereocenters. The molecule has 0 fully saturated rings. The number of pyridine rings is 1. The number of amides is 1. The summed E-state index contributed by atoms with van der Waals surface area (Å²) in [5.41, 5.74) is 0.180. The largest absolute Gasteiger partial charge is 0.372 e. The summed E-state index contributed by atoms with van der Waals surface area (Å²) in [5.74, 6) is -0.580. The Morgan fingerprint density at radius 2 is 2.20 bits per heavy atom. The fraction of sp³-hybridized carbons (Fsp3) is 0.308. The Labute approximate surface area is 120 Å². The number of carbonyl (C=O) groups excluding carboxylic acids is 1. The predicted octanol–water partition coefficient (Wildman–Crippen LogP) is 2.21. The predicted molar refractivity (Wildman–Crippen MR) is 76.4 cm³/mol. The van der Waals surface area contributed by atoms with E-state index < -0.39 is 5.82 Å². The number of thiazole rings is 1. The number of hydrogen-bond donors (Lipinski definition) is 2. The van der Waals surface area contributed by atoms with Gasteiger partial charge in [-0.25, -0.2) is 14.4 Å². The average Bonchev–Trinajstić information content (AvgIpc) is 2.92. The second kappa shape index (κ2) is 6.42. The summed E-state index contributed by atoms with van der Waals surface area (Å²) < 4.78 is 13.2. The summed E-state index contributed by atoms with van der Waals surface area (Å²) in [6, 6.07) is 1.16. The van der Waals surface area contributed by atoms with E-state index in [9.17, 15) is 9.18 Å². The summed E-state index contributed by atoms with van der Waals surface area (Å²) in [6.07, 6.45) is 3.79. The van der Waals surface area contributed by atoms with Crippen molar-refractivity contribution in [1.29, 1.82) is 0 Å². The molecule has 2 heterocycles. The van der Waals surface area contributed by atoms with Gasteiger partial charge in [-0.1, -0.05) is 6.92 Å². The molecule has 2 N–H and O–H groups in total. The quantitative estimate of drug-likeness (QED) is 0.887. The van der Waals surface area contributed by atoms with E-state index in [0.29, 0.717) is 12.4 Å². The van der Waals surface area contributed by atoms with E-state index in [2.05, 4.69) is 20.6 Å². The molecule has 0 aromatic carbocycles. The zero-order valence-electron chi connectivity index (χ0n) is 11.2. The fourth-order valence-electron chi connectivity index (χ4n) is 1.66. The van der Waals surface area contributed by atoms with Crippen LogP contribution in [0, 0.1) is 5.82 Å². The standard InChI is InChI=1S/C13H15FN4OS/c1-3-9-6-16-11(20-9)7-18-13(19)10-4-8(14)5-17-12(10)15-2/h4-6H,3,7H2,1-2H3,(H,15,17)(H,18,19). The topological polar surface area (TPSA) is 66.9 Å². The van der Waals surface area contributed by atoms with E-state index in [1.165, 1.54) is 0 Å². The second-order valence-electron chi connectivity index (χ2n) is 4.06. The fourth-order valence-corrected chi connectivity index (χ4v) is 2.46. The molecule has 5 nitrogen and oxygen atoms in total. The first-order valence-corrected chi connectivity index (χ1v) is 7.00. The van der Waals surface area contributed by atoms with E-state index in [1.54, 1.807) is 24.6 Å². The number of aryl methyl sites for hydroxylation is 1. The third kappa shape index (κ3) is 3.30. The Morgan fingerprint density at radius 3 is 2.85 bits per heavy atom. The van der Waals surface area contributed by atoms with Gasteiger partial charge in [0.25, 0.3) is 5.91 Å². The Hall–Kier alpha value is -2.02. The molecule has 0 aliphatic rings. The van der Waals surface area contributed by atoms with Gasteiger partial charge in [0, 0.05) is 18.1 Å². The van der Waals surface area contributed by atoms with Crippen LogP contribution in [-0.4, -0.2) is 22.9 Å². The van der Waals surface area contributed by atoms with Gasteiger partial charge < -0.3 is 10.6 Å². The van der Waals surface area contributed by atoms with Crippen LogP contribution in [0.15, 0.2) is 18.5 Å². The first-order chi connectivity index (χ1) is 9.63. The zero-order chi connectivity index (χ0) is 14.5. The van der Waals surface area contributed by atoms with Crippen LogP contribution in [0.4, 0.5) is 10.2 Å². The van der Waals surface area contributed by atoms with E-state index in [4.69, 9.17) is 0 Å². The normalized spacial score (nSPS) is 10.3. The first-order valence-electron chi connectivity index (χ1n) is 6.19. The Morgan fingerprint density at radius 1 is 1.40 bits per heavy atom. The van der Waals surface area contributed by atoms with Crippen LogP contribution in [0.5, 0.6) is 0 Å². The van der Waals surface area contributed by atoms with E-state index >= 15 is 0 Å². The average molecular weight is 294 g/mol. The summed E-state index contributed by atoms with van der Waals surface area (Å²) in [7, 11) is 1.63. The number of halogens is 1. The highest BCUT2D eigenvalue weighted by atomic mass is 32.1. The highest BCUT2D eigenvalue weighted by Gasteiger charge is 2.13. The van der Waals surface area contributed by atoms with E-state index in [0.717, 1.165) is 28.6 Å². The molecule has 0 bridgehead atoms. The number of rotatable bonds is 5. The molecule has 0 aliphatic carbocycles. The number of hydrogen-bond acceptors (Lipinski definition) is 5. The van der Waals surface area contributed by atoms with Crippen LogP contribution in [0.2, 0.25) is 0 Å². The first kappa shape index (κ1) is 14.4. The van der Waals surface area contributed by atoms with Gasteiger partial charge in [0.15, 0.2) is 0 Å². The van der Waals surface area contributed by atoms with Crippen molar-refractivity contribution in [3.63, 3.8) is 0 Å². The summed E-state index contributed by atoms with van der Waals surface area (Å²) in [4.78, 5) is 21.3. The molecule has 0 spiro atoms. The third-order valence-electron chi connectivity index (χ3n) is 2.69. The smallest absolute Gasteiger partial charge is 0.255 e. The van der Waals surface area contributed by atoms with Crippen LogP contribution in [-0.2, 0) is 13.0 Å². The van der Waals surface area contributed by atoms with Crippen molar-refractivity contribution < 1.29 is 9.18 Å². The minimum absolute atomic E-state index is 0.180. The van der Waals surface area contributed by atoms with Gasteiger partial charge >= 0.3 is 0 Å². The highest BCUT2D eigenvalue weighted by molar-refractivity contribution is 7.11. The van der Waals surface area contributed by atoms with Gasteiger partial charge in [0.2, 0.25) is 0 Å². The summed E-state index contributed by atoms with van der Waals surface area (Å²) in [6.45, 7) is 2.37. The van der Waals surface area contributed by atoms with Gasteiger partial charge in [0.1, 0.15) is 16.6 Å². The molecule has 106 valence electrons. The lowest BCUT2D eigenvalue weighted by molar-refractivity contribution is 0.0951. The lowest BCUT2D eigenvalue weighted by Crippen LogP contribution is -2.24. The van der Waals surface area contributed by atoms with Crippen molar-refractivity contribution in [3.05, 3.63) is 39.7 Å². The molecule has 2 aromatic heterocycles. The van der Waals surface area contributed by atoms with E-state index in [-0.39, 0.29) is 11.5 Å². The highest BCUT2D eigenvalue weighted by Crippen LogP contribution is 2.15. The Balaban J connectivity index is 2.06. The third-order valence-corrected chi connectivity index (χ3v) is 3.83. The molecule has 2 aromatic rings. The number of aromatic nitrogens is 2. The van der Waals surface area contributed by atoms with Gasteiger partial charge in [-0.05, 0) is 12.5 Å². The Kier molecular flexibility index (Phi) is 4.62. The molecule has 20 heavy (non-hydrogen) atoms. The monoisotopic (exact) mass is 294 g/mol. The maximum atomic E-state index is 13.2. The van der Waals surface area contributed by atoms with Gasteiger partial charge in [-0.2, -0.15) is 0 Å². The molecule has 0 saturated heterocycles. The lowest BCUT2D eigenvalue weighted by atomic mass is 10.2. The SMILES string of the molecule is CCc1cnc(CNC(=O)c2cc(F)cnc2NC)s1. The molecular formula is C13H15FN4OS. The van der Waals surface area contributed by atoms with Crippen molar-refractivity contribution in [2.24, 2.45) is 0 Å². The maximum absolute atomic E-state index is 13.2. The Bertz CT molecular complexity index is 614. The molecular weight excluding hydrogens is 279 g/mol. The van der Waals surface area contributed by atoms with Gasteiger partial charge in [-0.3, -0.25) is 4.79 Å². The minimum atomic E-state index is -0.545. The number of anilines is 1. The number of nitrogens with zero attached hydrogens (tertiary/aromatic N) is 2. The van der Waals surface area contributed by atoms with Crippen molar-refractivity contribution in [3.8, 4) is 0 Å². The van der Waals surface area contributed by atoms with Gasteiger partial charge in [0.05, 0.1) is 18.3 Å². The molecule has 0 unspecified atom stereocenters. The molecule has 2 rings (SSSR count). The van der Waals surface area contributed by atoms with Crippen molar-refractivity contribution >= 4 is 23.1 Å². The van der Waals surface area contributed by atoms with Crippen LogP contribution in [0.25, 0.3) is 0 Å². The van der Waals surface area contributed by atoms with Gasteiger partial charge in [-0.15, -0.1) is 11.3 Å². The van der Waals surface area contributed by atoms with Crippen LogP contribution in [0.1, 0.15) is 27.2 Å². The molecule has 7 heteroatoms. The molecule has 1 amide bonds. The molecule has 0 aliphatic heterocycles. The van der Waals surface area contributed by atoms with E-state index in [1.807, 2.05) is 6.92 Å². The van der Waals surface area contributed by atoms with Crippen LogP contribution in [0.3, 0.4) is 0 Å². The van der Waals surface area contributed by atoms with Crippen molar-refractivity contribution in [2.75, 3.05) is 12.4 Å².